The van der Waals surface area contributed by atoms with E-state index in [2.05, 4.69) is 15.9 Å². The maximum absolute atomic E-state index is 10.6. The van der Waals surface area contributed by atoms with Crippen LogP contribution in [-0.4, -0.2) is 24.9 Å². The van der Waals surface area contributed by atoms with Gasteiger partial charge >= 0.3 is 0 Å². The first-order valence-electron chi connectivity index (χ1n) is 5.90. The van der Waals surface area contributed by atoms with Crippen LogP contribution in [0.2, 0.25) is 0 Å². The van der Waals surface area contributed by atoms with Crippen molar-refractivity contribution in [1.82, 2.24) is 0 Å². The van der Waals surface area contributed by atoms with Gasteiger partial charge in [0.1, 0.15) is 0 Å². The van der Waals surface area contributed by atoms with Crippen LogP contribution >= 0.6 is 15.9 Å². The Morgan fingerprint density at radius 3 is 2.82 bits per heavy atom. The standard InChI is InChI=1S/C13H18BrNO2/c14-11-5-2-1-4-10(11)12(16)13(8-15)6-3-7-17-9-13/h1-2,4-5,12,16H,3,6-9,15H2. The van der Waals surface area contributed by atoms with E-state index in [4.69, 9.17) is 10.5 Å². The number of hydrogen-bond donors (Lipinski definition) is 2. The Balaban J connectivity index is 2.28. The minimum absolute atomic E-state index is 0.345. The first-order valence-corrected chi connectivity index (χ1v) is 6.69. The number of hydrogen-bond acceptors (Lipinski definition) is 3. The summed E-state index contributed by atoms with van der Waals surface area (Å²) in [5.41, 5.74) is 6.42. The van der Waals surface area contributed by atoms with Gasteiger partial charge in [-0.05, 0) is 24.5 Å². The van der Waals surface area contributed by atoms with Crippen molar-refractivity contribution < 1.29 is 9.84 Å². The van der Waals surface area contributed by atoms with Gasteiger partial charge in [-0.2, -0.15) is 0 Å². The maximum Gasteiger partial charge on any atom is 0.0891 e. The lowest BCUT2D eigenvalue weighted by atomic mass is 9.75. The first kappa shape index (κ1) is 13.0. The molecular formula is C13H18BrNO2. The molecule has 2 rings (SSSR count). The first-order chi connectivity index (χ1) is 8.19. The van der Waals surface area contributed by atoms with Gasteiger partial charge in [0.05, 0.1) is 12.7 Å². The molecule has 0 aromatic heterocycles. The number of ether oxygens (including phenoxy) is 1. The molecule has 1 heterocycles. The summed E-state index contributed by atoms with van der Waals surface area (Å²) in [6.07, 6.45) is 1.29. The molecule has 1 aliphatic heterocycles. The van der Waals surface area contributed by atoms with E-state index in [-0.39, 0.29) is 5.41 Å². The predicted molar refractivity (Wildman–Crippen MR) is 70.6 cm³/mol. The van der Waals surface area contributed by atoms with Gasteiger partial charge in [-0.3, -0.25) is 0 Å². The lowest BCUT2D eigenvalue weighted by Crippen LogP contribution is -2.43. The Morgan fingerprint density at radius 1 is 1.47 bits per heavy atom. The van der Waals surface area contributed by atoms with Crippen LogP contribution in [0, 0.1) is 5.41 Å². The molecule has 3 nitrogen and oxygen atoms in total. The summed E-state index contributed by atoms with van der Waals surface area (Å²) in [6, 6.07) is 7.73. The van der Waals surface area contributed by atoms with Crippen LogP contribution in [0.4, 0.5) is 0 Å². The van der Waals surface area contributed by atoms with Crippen molar-refractivity contribution in [3.63, 3.8) is 0 Å². The smallest absolute Gasteiger partial charge is 0.0891 e. The van der Waals surface area contributed by atoms with E-state index in [1.54, 1.807) is 0 Å². The van der Waals surface area contributed by atoms with Crippen LogP contribution in [0.5, 0.6) is 0 Å². The topological polar surface area (TPSA) is 55.5 Å². The summed E-state index contributed by atoms with van der Waals surface area (Å²) in [5.74, 6) is 0. The number of aliphatic hydroxyl groups is 1. The van der Waals surface area contributed by atoms with Crippen molar-refractivity contribution in [3.8, 4) is 0 Å². The normalized spacial score (nSPS) is 26.8. The number of rotatable bonds is 3. The Hall–Kier alpha value is -0.420. The van der Waals surface area contributed by atoms with Crippen LogP contribution in [-0.2, 0) is 4.74 Å². The van der Waals surface area contributed by atoms with Crippen molar-refractivity contribution >= 4 is 15.9 Å². The van der Waals surface area contributed by atoms with E-state index >= 15 is 0 Å². The van der Waals surface area contributed by atoms with E-state index in [0.717, 1.165) is 29.5 Å². The Labute approximate surface area is 110 Å². The zero-order valence-corrected chi connectivity index (χ0v) is 11.3. The Bertz CT molecular complexity index is 377. The minimum Gasteiger partial charge on any atom is -0.388 e. The fourth-order valence-electron chi connectivity index (χ4n) is 2.39. The van der Waals surface area contributed by atoms with Gasteiger partial charge in [0.2, 0.25) is 0 Å². The molecule has 2 atom stereocenters. The van der Waals surface area contributed by atoms with E-state index in [1.165, 1.54) is 0 Å². The number of benzene rings is 1. The van der Waals surface area contributed by atoms with Crippen molar-refractivity contribution in [3.05, 3.63) is 34.3 Å². The maximum atomic E-state index is 10.6. The second-order valence-corrected chi connectivity index (χ2v) is 5.50. The van der Waals surface area contributed by atoms with Crippen molar-refractivity contribution in [1.29, 1.82) is 0 Å². The highest BCUT2D eigenvalue weighted by atomic mass is 79.9. The molecule has 1 saturated heterocycles. The lowest BCUT2D eigenvalue weighted by Gasteiger charge is -2.40. The highest BCUT2D eigenvalue weighted by Gasteiger charge is 2.40. The second kappa shape index (κ2) is 5.48. The monoisotopic (exact) mass is 299 g/mol. The molecule has 1 aromatic rings. The quantitative estimate of drug-likeness (QED) is 0.900. The van der Waals surface area contributed by atoms with Crippen molar-refractivity contribution in [2.75, 3.05) is 19.8 Å². The van der Waals surface area contributed by atoms with Gasteiger partial charge in [-0.15, -0.1) is 0 Å². The average molecular weight is 300 g/mol. The van der Waals surface area contributed by atoms with Gasteiger partial charge in [0.15, 0.2) is 0 Å². The highest BCUT2D eigenvalue weighted by Crippen LogP contribution is 2.41. The average Bonchev–Trinajstić information content (AvgIpc) is 2.39. The summed E-state index contributed by atoms with van der Waals surface area (Å²) in [7, 11) is 0. The van der Waals surface area contributed by atoms with Gasteiger partial charge in [0, 0.05) is 23.0 Å². The summed E-state index contributed by atoms with van der Waals surface area (Å²) >= 11 is 3.48. The van der Waals surface area contributed by atoms with Crippen LogP contribution in [0.25, 0.3) is 0 Å². The largest absolute Gasteiger partial charge is 0.388 e. The zero-order valence-electron chi connectivity index (χ0n) is 9.73. The van der Waals surface area contributed by atoms with E-state index < -0.39 is 6.10 Å². The number of halogens is 1. The summed E-state index contributed by atoms with van der Waals surface area (Å²) in [5, 5.41) is 10.6. The third kappa shape index (κ3) is 2.55. The summed E-state index contributed by atoms with van der Waals surface area (Å²) in [4.78, 5) is 0. The minimum atomic E-state index is -0.580. The molecule has 1 aliphatic rings. The third-order valence-corrected chi connectivity index (χ3v) is 4.26. The van der Waals surface area contributed by atoms with Crippen molar-refractivity contribution in [2.45, 2.75) is 18.9 Å². The fourth-order valence-corrected chi connectivity index (χ4v) is 2.89. The molecule has 1 fully saturated rings. The van der Waals surface area contributed by atoms with Gasteiger partial charge in [-0.25, -0.2) is 0 Å². The Kier molecular flexibility index (Phi) is 4.20. The van der Waals surface area contributed by atoms with Crippen LogP contribution in [0.1, 0.15) is 24.5 Å². The molecule has 2 unspecified atom stereocenters. The van der Waals surface area contributed by atoms with Crippen LogP contribution in [0.3, 0.4) is 0 Å². The molecule has 0 bridgehead atoms. The second-order valence-electron chi connectivity index (χ2n) is 4.65. The SMILES string of the molecule is NCC1(C(O)c2ccccc2Br)CCCOC1. The van der Waals surface area contributed by atoms with Gasteiger partial charge < -0.3 is 15.6 Å². The molecule has 0 saturated carbocycles. The predicted octanol–water partition coefficient (Wildman–Crippen LogP) is 2.24. The number of aliphatic hydroxyl groups excluding tert-OH is 1. The molecule has 0 radical (unpaired) electrons. The molecule has 17 heavy (non-hydrogen) atoms. The van der Waals surface area contributed by atoms with E-state index in [1.807, 2.05) is 24.3 Å². The molecule has 0 aliphatic carbocycles. The lowest BCUT2D eigenvalue weighted by molar-refractivity contribution is -0.0784. The molecule has 1 aromatic carbocycles. The zero-order chi connectivity index (χ0) is 12.3. The molecular weight excluding hydrogens is 282 g/mol. The molecule has 0 amide bonds. The molecule has 3 N–H and O–H groups in total. The van der Waals surface area contributed by atoms with Gasteiger partial charge in [0.25, 0.3) is 0 Å². The number of nitrogens with two attached hydrogens (primary N) is 1. The highest BCUT2D eigenvalue weighted by molar-refractivity contribution is 9.10. The fraction of sp³-hybridized carbons (Fsp3) is 0.538. The van der Waals surface area contributed by atoms with E-state index in [9.17, 15) is 5.11 Å². The Morgan fingerprint density at radius 2 is 2.24 bits per heavy atom. The van der Waals surface area contributed by atoms with Gasteiger partial charge in [-0.1, -0.05) is 34.1 Å². The summed E-state index contributed by atoms with van der Waals surface area (Å²) in [6.45, 7) is 1.74. The van der Waals surface area contributed by atoms with E-state index in [0.29, 0.717) is 13.2 Å². The summed E-state index contributed by atoms with van der Waals surface area (Å²) < 4.78 is 6.43. The molecule has 0 spiro atoms. The van der Waals surface area contributed by atoms with Crippen LogP contribution in [0.15, 0.2) is 28.7 Å². The van der Waals surface area contributed by atoms with Crippen LogP contribution < -0.4 is 5.73 Å². The third-order valence-electron chi connectivity index (χ3n) is 3.54. The molecule has 4 heteroatoms. The molecule has 94 valence electrons. The van der Waals surface area contributed by atoms with Crippen molar-refractivity contribution in [2.24, 2.45) is 11.1 Å².